The summed E-state index contributed by atoms with van der Waals surface area (Å²) in [7, 11) is 3.65. The normalized spacial score (nSPS) is 32.8. The molecule has 1 heterocycles. The number of hydrogen-bond acceptors (Lipinski definition) is 3. The summed E-state index contributed by atoms with van der Waals surface area (Å²) >= 11 is 5.51. The van der Waals surface area contributed by atoms with Crippen molar-refractivity contribution in [3.8, 4) is 0 Å². The highest BCUT2D eigenvalue weighted by Crippen LogP contribution is 2.37. The molecule has 0 amide bonds. The first kappa shape index (κ1) is 17.4. The van der Waals surface area contributed by atoms with Crippen LogP contribution in [0.15, 0.2) is 0 Å². The van der Waals surface area contributed by atoms with E-state index >= 15 is 0 Å². The van der Waals surface area contributed by atoms with Gasteiger partial charge in [-0.25, -0.2) is 4.39 Å². The summed E-state index contributed by atoms with van der Waals surface area (Å²) in [6, 6.07) is -1.06. The van der Waals surface area contributed by atoms with Gasteiger partial charge in [-0.2, -0.15) is 0 Å². The van der Waals surface area contributed by atoms with Crippen LogP contribution in [0.2, 0.25) is 18.1 Å². The van der Waals surface area contributed by atoms with E-state index in [4.69, 9.17) is 33.3 Å². The highest BCUT2D eigenvalue weighted by molar-refractivity contribution is 6.74. The van der Waals surface area contributed by atoms with Crippen LogP contribution in [-0.4, -0.2) is 53.2 Å². The van der Waals surface area contributed by atoms with Crippen molar-refractivity contribution in [2.24, 2.45) is 0 Å². The van der Waals surface area contributed by atoms with Gasteiger partial charge in [0.2, 0.25) is 0 Å². The molecule has 0 aliphatic carbocycles. The van der Waals surface area contributed by atoms with Gasteiger partial charge in [0.15, 0.2) is 8.32 Å². The maximum Gasteiger partial charge on any atom is 0.192 e. The van der Waals surface area contributed by atoms with Crippen molar-refractivity contribution in [1.29, 1.82) is 0 Å². The molecule has 110 valence electrons. The second kappa shape index (κ2) is 6.43. The Kier molecular flexibility index (Phi) is 5.90. The highest BCUT2D eigenvalue weighted by atomic mass is 35.5. The largest absolute Gasteiger partial charge is 0.414 e. The molecule has 19 heavy (non-hydrogen) atoms. The van der Waals surface area contributed by atoms with Crippen LogP contribution in [0.4, 0.5) is 4.39 Å². The molecule has 0 bridgehead atoms. The predicted octanol–water partition coefficient (Wildman–Crippen LogP) is 2.82. The molecule has 3 nitrogen and oxygen atoms in total. The summed E-state index contributed by atoms with van der Waals surface area (Å²) < 4.78 is 30.3. The molecular formula is C12H23BClFO3Si. The van der Waals surface area contributed by atoms with E-state index in [9.17, 15) is 4.39 Å². The minimum Gasteiger partial charge on any atom is -0.414 e. The first-order valence-electron chi connectivity index (χ1n) is 6.47. The second-order valence-corrected chi connectivity index (χ2v) is 11.4. The average molecular weight is 309 g/mol. The second-order valence-electron chi connectivity index (χ2n) is 6.40. The molecular weight excluding hydrogens is 285 g/mol. The van der Waals surface area contributed by atoms with Crippen LogP contribution in [0.25, 0.3) is 0 Å². The van der Waals surface area contributed by atoms with Crippen molar-refractivity contribution in [2.75, 3.05) is 12.7 Å². The van der Waals surface area contributed by atoms with E-state index in [0.29, 0.717) is 0 Å². The van der Waals surface area contributed by atoms with Crippen LogP contribution >= 0.6 is 11.6 Å². The van der Waals surface area contributed by atoms with E-state index in [1.807, 2.05) is 0 Å². The molecule has 0 spiro atoms. The zero-order chi connectivity index (χ0) is 14.8. The van der Waals surface area contributed by atoms with Gasteiger partial charge in [0.05, 0.1) is 12.6 Å². The maximum absolute atomic E-state index is 13.8. The van der Waals surface area contributed by atoms with E-state index in [2.05, 4.69) is 33.9 Å². The van der Waals surface area contributed by atoms with Crippen molar-refractivity contribution in [3.63, 3.8) is 0 Å². The molecule has 0 saturated carbocycles. The Morgan fingerprint density at radius 3 is 2.42 bits per heavy atom. The monoisotopic (exact) mass is 308 g/mol. The van der Waals surface area contributed by atoms with Crippen molar-refractivity contribution >= 4 is 27.8 Å². The van der Waals surface area contributed by atoms with Crippen molar-refractivity contribution < 1.29 is 18.3 Å². The molecule has 1 rings (SSSR count). The van der Waals surface area contributed by atoms with Gasteiger partial charge < -0.3 is 13.9 Å². The van der Waals surface area contributed by atoms with E-state index in [1.54, 1.807) is 0 Å². The zero-order valence-electron chi connectivity index (χ0n) is 12.3. The summed E-state index contributed by atoms with van der Waals surface area (Å²) in [4.78, 5) is 0. The van der Waals surface area contributed by atoms with Gasteiger partial charge in [0.1, 0.15) is 32.3 Å². The summed E-state index contributed by atoms with van der Waals surface area (Å²) in [5.74, 6) is 0. The first-order chi connectivity index (χ1) is 8.60. The average Bonchev–Trinajstić information content (AvgIpc) is 2.53. The fourth-order valence-corrected chi connectivity index (χ4v) is 2.82. The smallest absolute Gasteiger partial charge is 0.192 e. The van der Waals surface area contributed by atoms with Gasteiger partial charge in [0.25, 0.3) is 0 Å². The van der Waals surface area contributed by atoms with Crippen LogP contribution in [0.1, 0.15) is 20.8 Å². The number of halogens is 2. The fourth-order valence-electron chi connectivity index (χ4n) is 1.66. The third-order valence-corrected chi connectivity index (χ3v) is 8.62. The Bertz CT molecular complexity index is 301. The predicted molar refractivity (Wildman–Crippen MR) is 78.1 cm³/mol. The molecule has 4 atom stereocenters. The molecule has 1 saturated heterocycles. The first-order valence-corrected chi connectivity index (χ1v) is 9.91. The molecule has 0 aromatic rings. The molecule has 2 radical (unpaired) electrons. The molecule has 1 aliphatic rings. The fraction of sp³-hybridized carbons (Fsp3) is 1.00. The Labute approximate surface area is 122 Å². The van der Waals surface area contributed by atoms with Crippen LogP contribution in [0.5, 0.6) is 0 Å². The summed E-state index contributed by atoms with van der Waals surface area (Å²) in [5, 5.41) is 0.0890. The summed E-state index contributed by atoms with van der Waals surface area (Å²) in [5.41, 5.74) is 0. The lowest BCUT2D eigenvalue weighted by Crippen LogP contribution is -2.44. The number of alkyl halides is 2. The minimum absolute atomic E-state index is 0.0856. The van der Waals surface area contributed by atoms with Crippen LogP contribution < -0.4 is 0 Å². The molecule has 1 aliphatic heterocycles. The molecule has 7 heteroatoms. The SMILES string of the molecule is [B][C@@H]1OC(CO[Si](C)(C)C(C)(C)C)C(OCCl)[C@@H]1F. The van der Waals surface area contributed by atoms with Gasteiger partial charge in [-0.3, -0.25) is 0 Å². The molecule has 0 N–H and O–H groups in total. The van der Waals surface area contributed by atoms with Crippen molar-refractivity contribution in [3.05, 3.63) is 0 Å². The van der Waals surface area contributed by atoms with Gasteiger partial charge in [0, 0.05) is 0 Å². The van der Waals surface area contributed by atoms with E-state index in [0.717, 1.165) is 0 Å². The molecule has 2 unspecified atom stereocenters. The quantitative estimate of drug-likeness (QED) is 0.577. The summed E-state index contributed by atoms with van der Waals surface area (Å²) in [6.07, 6.45) is -2.62. The molecule has 0 aromatic carbocycles. The van der Waals surface area contributed by atoms with E-state index in [1.165, 1.54) is 0 Å². The van der Waals surface area contributed by atoms with Gasteiger partial charge in [-0.1, -0.05) is 32.4 Å². The third kappa shape index (κ3) is 4.17. The highest BCUT2D eigenvalue weighted by Gasteiger charge is 2.45. The van der Waals surface area contributed by atoms with Crippen molar-refractivity contribution in [1.82, 2.24) is 0 Å². The lowest BCUT2D eigenvalue weighted by Gasteiger charge is -2.37. The third-order valence-electron chi connectivity index (χ3n) is 4.00. The van der Waals surface area contributed by atoms with Crippen LogP contribution in [0, 0.1) is 0 Å². The summed E-state index contributed by atoms with van der Waals surface area (Å²) in [6.45, 7) is 11.0. The van der Waals surface area contributed by atoms with Gasteiger partial charge >= 0.3 is 0 Å². The topological polar surface area (TPSA) is 27.7 Å². The zero-order valence-corrected chi connectivity index (χ0v) is 14.0. The number of rotatable bonds is 5. The van der Waals surface area contributed by atoms with E-state index in [-0.39, 0.29) is 17.7 Å². The Morgan fingerprint density at radius 2 is 1.95 bits per heavy atom. The molecule has 1 fully saturated rings. The van der Waals surface area contributed by atoms with Gasteiger partial charge in [-0.05, 0) is 18.1 Å². The number of ether oxygens (including phenoxy) is 2. The maximum atomic E-state index is 13.8. The molecule has 0 aromatic heterocycles. The Morgan fingerprint density at radius 1 is 1.37 bits per heavy atom. The van der Waals surface area contributed by atoms with Crippen LogP contribution in [0.3, 0.4) is 0 Å². The Balaban J connectivity index is 2.61. The van der Waals surface area contributed by atoms with Crippen molar-refractivity contribution in [2.45, 2.75) is 63.3 Å². The Hall–Kier alpha value is 0.382. The lowest BCUT2D eigenvalue weighted by atomic mass is 9.94. The van der Waals surface area contributed by atoms with Gasteiger partial charge in [-0.15, -0.1) is 0 Å². The standard InChI is InChI=1S/C12H23BClFO3Si/c1-12(2,3)19(4,5)17-6-8-10(16-7-14)9(15)11(13)18-8/h8-11H,6-7H2,1-5H3/t8?,9-,10?,11+/m0/s1. The van der Waals surface area contributed by atoms with Crippen LogP contribution in [-0.2, 0) is 13.9 Å². The lowest BCUT2D eigenvalue weighted by molar-refractivity contribution is -0.0280. The van der Waals surface area contributed by atoms with E-state index < -0.39 is 32.7 Å². The minimum atomic E-state index is -1.90. The number of hydrogen-bond donors (Lipinski definition) is 0.